The summed E-state index contributed by atoms with van der Waals surface area (Å²) in [6, 6.07) is 10.6. The summed E-state index contributed by atoms with van der Waals surface area (Å²) >= 11 is 2.43. The molecule has 1 aromatic carbocycles. The normalized spacial score (nSPS) is 27.9. The molecule has 2 unspecified atom stereocenters. The molecule has 0 saturated carbocycles. The number of benzene rings is 1. The Labute approximate surface area is 126 Å². The van der Waals surface area contributed by atoms with Crippen LogP contribution in [0.4, 0.5) is 0 Å². The first-order chi connectivity index (χ1) is 9.31. The van der Waals surface area contributed by atoms with Gasteiger partial charge in [0.25, 0.3) is 0 Å². The highest BCUT2D eigenvalue weighted by Gasteiger charge is 2.41. The molecular weight excluding hydrogens is 353 g/mol. The highest BCUT2D eigenvalue weighted by atomic mass is 127. The third kappa shape index (κ3) is 2.53. The molecule has 0 amide bonds. The van der Waals surface area contributed by atoms with Crippen LogP contribution in [0.3, 0.4) is 0 Å². The molecule has 1 saturated heterocycles. The van der Waals surface area contributed by atoms with Crippen LogP contribution in [-0.2, 0) is 8.34 Å². The van der Waals surface area contributed by atoms with Gasteiger partial charge in [-0.2, -0.15) is 5.10 Å². The molecule has 2 heterocycles. The van der Waals surface area contributed by atoms with Crippen LogP contribution in [0.25, 0.3) is 0 Å². The topological polar surface area (TPSA) is 39.9 Å². The third-order valence-corrected chi connectivity index (χ3v) is 5.19. The van der Waals surface area contributed by atoms with Gasteiger partial charge in [0.2, 0.25) is 0 Å². The molecule has 0 radical (unpaired) electrons. The van der Waals surface area contributed by atoms with E-state index in [1.165, 1.54) is 5.56 Å². The van der Waals surface area contributed by atoms with Gasteiger partial charge in [-0.15, -0.1) is 0 Å². The molecule has 2 atom stereocenters. The lowest BCUT2D eigenvalue weighted by atomic mass is 9.99. The number of ether oxygens (including phenoxy) is 1. The van der Waals surface area contributed by atoms with E-state index in [0.717, 1.165) is 25.9 Å². The molecule has 4 nitrogen and oxygen atoms in total. The second kappa shape index (κ2) is 5.58. The lowest BCUT2D eigenvalue weighted by Crippen LogP contribution is -2.33. The van der Waals surface area contributed by atoms with Gasteiger partial charge in [0.15, 0.2) is 3.61 Å². The van der Waals surface area contributed by atoms with Crippen molar-refractivity contribution in [2.75, 3.05) is 6.61 Å². The summed E-state index contributed by atoms with van der Waals surface area (Å²) in [4.78, 5) is 4.08. The fraction of sp³-hybridized carbons (Fsp3) is 0.429. The van der Waals surface area contributed by atoms with Crippen LogP contribution in [-0.4, -0.2) is 21.4 Å². The van der Waals surface area contributed by atoms with E-state index in [4.69, 9.17) is 4.74 Å². The van der Waals surface area contributed by atoms with Crippen LogP contribution in [0.5, 0.6) is 0 Å². The van der Waals surface area contributed by atoms with Crippen molar-refractivity contribution >= 4 is 22.6 Å². The summed E-state index contributed by atoms with van der Waals surface area (Å²) < 4.78 is 7.77. The summed E-state index contributed by atoms with van der Waals surface area (Å²) in [5, 5.41) is 4.32. The molecule has 0 bridgehead atoms. The van der Waals surface area contributed by atoms with E-state index in [9.17, 15) is 0 Å². The molecule has 1 aliphatic rings. The number of alkyl halides is 1. The molecule has 1 aliphatic heterocycles. The van der Waals surface area contributed by atoms with Crippen LogP contribution in [0, 0.1) is 0 Å². The van der Waals surface area contributed by atoms with Crippen molar-refractivity contribution in [2.45, 2.75) is 28.9 Å². The monoisotopic (exact) mass is 369 g/mol. The van der Waals surface area contributed by atoms with Gasteiger partial charge in [-0.1, -0.05) is 30.3 Å². The summed E-state index contributed by atoms with van der Waals surface area (Å²) in [7, 11) is 0. The number of hydrogen-bond donors (Lipinski definition) is 0. The summed E-state index contributed by atoms with van der Waals surface area (Å²) in [5.74, 6) is 0. The number of rotatable bonds is 2. The van der Waals surface area contributed by atoms with E-state index in [1.54, 1.807) is 12.7 Å². The van der Waals surface area contributed by atoms with Gasteiger partial charge in [0.05, 0.1) is 6.04 Å². The lowest BCUT2D eigenvalue weighted by Gasteiger charge is -2.34. The van der Waals surface area contributed by atoms with E-state index in [-0.39, 0.29) is 9.65 Å². The van der Waals surface area contributed by atoms with Crippen LogP contribution >= 0.6 is 22.6 Å². The standard InChI is InChI=1S/C14H16IN3O/c15-14(12-6-2-1-3-7-12)13(8-4-5-9-19-14)18-11-16-10-17-18/h1-3,6-7,10-11,13H,4-5,8-9H2. The summed E-state index contributed by atoms with van der Waals surface area (Å²) in [6.07, 6.45) is 6.69. The number of aromatic nitrogens is 3. The van der Waals surface area contributed by atoms with Gasteiger partial charge in [0, 0.05) is 6.61 Å². The molecule has 1 aromatic heterocycles. The summed E-state index contributed by atoms with van der Waals surface area (Å²) in [6.45, 7) is 0.795. The molecule has 1 fully saturated rings. The van der Waals surface area contributed by atoms with Crippen molar-refractivity contribution in [2.24, 2.45) is 0 Å². The maximum atomic E-state index is 6.21. The quantitative estimate of drug-likeness (QED) is 0.603. The predicted octanol–water partition coefficient (Wildman–Crippen LogP) is 3.31. The molecule has 0 aliphatic carbocycles. The van der Waals surface area contributed by atoms with Crippen molar-refractivity contribution in [1.29, 1.82) is 0 Å². The highest BCUT2D eigenvalue weighted by Crippen LogP contribution is 2.47. The van der Waals surface area contributed by atoms with Crippen molar-refractivity contribution in [3.63, 3.8) is 0 Å². The van der Waals surface area contributed by atoms with E-state index in [1.807, 2.05) is 10.7 Å². The molecule has 100 valence electrons. The van der Waals surface area contributed by atoms with Gasteiger partial charge in [0.1, 0.15) is 12.7 Å². The van der Waals surface area contributed by atoms with Crippen LogP contribution in [0.1, 0.15) is 30.9 Å². The van der Waals surface area contributed by atoms with Gasteiger partial charge < -0.3 is 4.74 Å². The first kappa shape index (κ1) is 13.1. The molecule has 5 heteroatoms. The van der Waals surface area contributed by atoms with Gasteiger partial charge in [-0.25, -0.2) is 9.67 Å². The van der Waals surface area contributed by atoms with Crippen molar-refractivity contribution < 1.29 is 4.74 Å². The zero-order valence-electron chi connectivity index (χ0n) is 10.6. The fourth-order valence-corrected chi connectivity index (χ4v) is 3.74. The maximum Gasteiger partial charge on any atom is 0.166 e. The average molecular weight is 369 g/mol. The lowest BCUT2D eigenvalue weighted by molar-refractivity contribution is 0.00807. The Morgan fingerprint density at radius 3 is 2.84 bits per heavy atom. The first-order valence-corrected chi connectivity index (χ1v) is 7.61. The van der Waals surface area contributed by atoms with Crippen molar-refractivity contribution in [3.8, 4) is 0 Å². The number of halogens is 1. The molecule has 2 aromatic rings. The Hall–Kier alpha value is -0.950. The Morgan fingerprint density at radius 2 is 2.11 bits per heavy atom. The van der Waals surface area contributed by atoms with Crippen molar-refractivity contribution in [1.82, 2.24) is 14.8 Å². The van der Waals surface area contributed by atoms with Crippen LogP contribution < -0.4 is 0 Å². The van der Waals surface area contributed by atoms with E-state index < -0.39 is 0 Å². The van der Waals surface area contributed by atoms with E-state index in [0.29, 0.717) is 0 Å². The summed E-state index contributed by atoms with van der Waals surface area (Å²) in [5.41, 5.74) is 1.19. The maximum absolute atomic E-state index is 6.21. The Morgan fingerprint density at radius 1 is 1.26 bits per heavy atom. The molecule has 19 heavy (non-hydrogen) atoms. The largest absolute Gasteiger partial charge is 0.358 e. The first-order valence-electron chi connectivity index (χ1n) is 6.53. The molecule has 0 N–H and O–H groups in total. The SMILES string of the molecule is IC1(c2ccccc2)OCCCCC1n1cncn1. The zero-order valence-corrected chi connectivity index (χ0v) is 12.7. The Balaban J connectivity index is 2.03. The van der Waals surface area contributed by atoms with Crippen LogP contribution in [0.15, 0.2) is 43.0 Å². The number of nitrogens with zero attached hydrogens (tertiary/aromatic N) is 3. The molecular formula is C14H16IN3O. The minimum Gasteiger partial charge on any atom is -0.358 e. The Bertz CT molecular complexity index is 517. The van der Waals surface area contributed by atoms with Gasteiger partial charge >= 0.3 is 0 Å². The van der Waals surface area contributed by atoms with E-state index in [2.05, 4.69) is 56.9 Å². The average Bonchev–Trinajstić information content (AvgIpc) is 2.90. The minimum atomic E-state index is -0.372. The van der Waals surface area contributed by atoms with Gasteiger partial charge in [-0.05, 0) is 47.4 Å². The highest BCUT2D eigenvalue weighted by molar-refractivity contribution is 14.1. The fourth-order valence-electron chi connectivity index (χ4n) is 2.56. The zero-order chi connectivity index (χ0) is 13.1. The van der Waals surface area contributed by atoms with Crippen LogP contribution in [0.2, 0.25) is 0 Å². The second-order valence-corrected chi connectivity index (χ2v) is 6.35. The predicted molar refractivity (Wildman–Crippen MR) is 81.0 cm³/mol. The smallest absolute Gasteiger partial charge is 0.166 e. The Kier molecular flexibility index (Phi) is 3.83. The second-order valence-electron chi connectivity index (χ2n) is 4.75. The third-order valence-electron chi connectivity index (χ3n) is 3.54. The molecule has 3 rings (SSSR count). The van der Waals surface area contributed by atoms with Crippen molar-refractivity contribution in [3.05, 3.63) is 48.5 Å². The van der Waals surface area contributed by atoms with Gasteiger partial charge in [-0.3, -0.25) is 0 Å². The minimum absolute atomic E-state index is 0.181. The van der Waals surface area contributed by atoms with E-state index >= 15 is 0 Å². The molecule has 0 spiro atoms. The number of hydrogen-bond acceptors (Lipinski definition) is 3.